The monoisotopic (exact) mass is 250 g/mol. The first kappa shape index (κ1) is 14.6. The molecule has 0 saturated carbocycles. The first-order chi connectivity index (χ1) is 9.19. The molecule has 0 aliphatic rings. The molecule has 0 aliphatic heterocycles. The van der Waals surface area contributed by atoms with Crippen LogP contribution in [-0.2, 0) is 6.54 Å². The Morgan fingerprint density at radius 3 is 1.79 bits per heavy atom. The average Bonchev–Trinajstić information content (AvgIpc) is 2.40. The van der Waals surface area contributed by atoms with Gasteiger partial charge in [-0.2, -0.15) is 0 Å². The van der Waals surface area contributed by atoms with Crippen LogP contribution in [0.1, 0.15) is 15.9 Å². The summed E-state index contributed by atoms with van der Waals surface area (Å²) in [5.41, 5.74) is 1.71. The third kappa shape index (κ3) is 4.04. The van der Waals surface area contributed by atoms with Crippen LogP contribution in [-0.4, -0.2) is 30.4 Å². The van der Waals surface area contributed by atoms with Crippen molar-refractivity contribution in [1.29, 1.82) is 0 Å². The van der Waals surface area contributed by atoms with Gasteiger partial charge in [-0.05, 0) is 17.8 Å². The topological polar surface area (TPSA) is 17.1 Å². The molecule has 2 heteroatoms. The zero-order valence-electron chi connectivity index (χ0n) is 10.8. The highest BCUT2D eigenvalue weighted by atomic mass is 16.1. The maximum atomic E-state index is 10.6. The smallest absolute Gasteiger partial charge is 0.150 e. The highest BCUT2D eigenvalue weighted by molar-refractivity contribution is 5.74. The SMILES string of the molecule is C#CC[N+](CC#C)(CC#C)Cc1ccc(C=O)cc1. The lowest BCUT2D eigenvalue weighted by molar-refractivity contribution is -0.921. The third-order valence-corrected chi connectivity index (χ3v) is 2.91. The van der Waals surface area contributed by atoms with Crippen LogP contribution >= 0.6 is 0 Å². The molecule has 0 bridgehead atoms. The zero-order chi connectivity index (χ0) is 14.1. The first-order valence-corrected chi connectivity index (χ1v) is 5.89. The Labute approximate surface area is 115 Å². The van der Waals surface area contributed by atoms with Gasteiger partial charge in [-0.15, -0.1) is 19.3 Å². The van der Waals surface area contributed by atoms with Gasteiger partial charge in [0.2, 0.25) is 0 Å². The lowest BCUT2D eigenvalue weighted by Gasteiger charge is -2.33. The lowest BCUT2D eigenvalue weighted by atomic mass is 10.1. The summed E-state index contributed by atoms with van der Waals surface area (Å²) in [4.78, 5) is 10.6. The van der Waals surface area contributed by atoms with Crippen molar-refractivity contribution in [3.8, 4) is 37.0 Å². The van der Waals surface area contributed by atoms with E-state index < -0.39 is 0 Å². The van der Waals surface area contributed by atoms with Crippen LogP contribution in [0.25, 0.3) is 0 Å². The Kier molecular flexibility index (Phi) is 5.43. The molecule has 0 fully saturated rings. The molecule has 0 spiro atoms. The van der Waals surface area contributed by atoms with Crippen LogP contribution in [0, 0.1) is 37.0 Å². The second-order valence-electron chi connectivity index (χ2n) is 4.45. The molecule has 0 N–H and O–H groups in total. The number of benzene rings is 1. The summed E-state index contributed by atoms with van der Waals surface area (Å²) in [7, 11) is 0. The largest absolute Gasteiger partial charge is 0.298 e. The van der Waals surface area contributed by atoms with Gasteiger partial charge in [0, 0.05) is 11.1 Å². The van der Waals surface area contributed by atoms with E-state index in [1.54, 1.807) is 12.1 Å². The maximum Gasteiger partial charge on any atom is 0.150 e. The van der Waals surface area contributed by atoms with Gasteiger partial charge in [-0.3, -0.25) is 9.28 Å². The molecule has 1 aromatic carbocycles. The van der Waals surface area contributed by atoms with Crippen LogP contribution < -0.4 is 0 Å². The Balaban J connectivity index is 2.98. The van der Waals surface area contributed by atoms with E-state index in [0.717, 1.165) is 11.8 Å². The number of aldehydes is 1. The maximum absolute atomic E-state index is 10.6. The standard InChI is InChI=1S/C17H16NO/c1-4-11-18(12-5-2,13-6-3)14-16-7-9-17(15-19)10-8-16/h1-3,7-10,15H,11-14H2/q+1. The molecule has 94 valence electrons. The average molecular weight is 250 g/mol. The molecule has 0 aromatic heterocycles. The molecular weight excluding hydrogens is 234 g/mol. The molecule has 1 rings (SSSR count). The van der Waals surface area contributed by atoms with Gasteiger partial charge < -0.3 is 0 Å². The molecule has 0 radical (unpaired) electrons. The quantitative estimate of drug-likeness (QED) is 0.427. The highest BCUT2D eigenvalue weighted by Crippen LogP contribution is 2.14. The van der Waals surface area contributed by atoms with Gasteiger partial charge in [-0.25, -0.2) is 0 Å². The minimum atomic E-state index is 0.476. The number of carbonyl (C=O) groups is 1. The molecule has 2 nitrogen and oxygen atoms in total. The molecule has 19 heavy (non-hydrogen) atoms. The van der Waals surface area contributed by atoms with Crippen molar-refractivity contribution >= 4 is 6.29 Å². The number of carbonyl (C=O) groups excluding carboxylic acids is 1. The number of hydrogen-bond donors (Lipinski definition) is 0. The molecule has 1 aromatic rings. The van der Waals surface area contributed by atoms with Gasteiger partial charge in [-0.1, -0.05) is 24.3 Å². The normalized spacial score (nSPS) is 9.95. The molecule has 0 aliphatic carbocycles. The summed E-state index contributed by atoms with van der Waals surface area (Å²) in [6.45, 7) is 2.13. The van der Waals surface area contributed by atoms with Crippen LogP contribution in [0.5, 0.6) is 0 Å². The minimum Gasteiger partial charge on any atom is -0.298 e. The van der Waals surface area contributed by atoms with Gasteiger partial charge >= 0.3 is 0 Å². The van der Waals surface area contributed by atoms with Crippen molar-refractivity contribution in [3.05, 3.63) is 35.4 Å². The third-order valence-electron chi connectivity index (χ3n) is 2.91. The number of hydrogen-bond acceptors (Lipinski definition) is 1. The minimum absolute atomic E-state index is 0.476. The zero-order valence-corrected chi connectivity index (χ0v) is 10.8. The fraction of sp³-hybridized carbons (Fsp3) is 0.235. The van der Waals surface area contributed by atoms with Crippen LogP contribution in [0.2, 0.25) is 0 Å². The second kappa shape index (κ2) is 7.07. The van der Waals surface area contributed by atoms with E-state index in [-0.39, 0.29) is 0 Å². The van der Waals surface area contributed by atoms with Crippen molar-refractivity contribution < 1.29 is 9.28 Å². The number of quaternary nitrogens is 1. The number of terminal acetylenes is 3. The van der Waals surface area contributed by atoms with Gasteiger partial charge in [0.15, 0.2) is 0 Å². The lowest BCUT2D eigenvalue weighted by Crippen LogP contribution is -2.48. The Morgan fingerprint density at radius 1 is 0.947 bits per heavy atom. The van der Waals surface area contributed by atoms with Crippen molar-refractivity contribution in [2.75, 3.05) is 19.6 Å². The summed E-state index contributed by atoms with van der Waals surface area (Å²) in [6.07, 6.45) is 17.1. The van der Waals surface area contributed by atoms with Crippen molar-refractivity contribution in [3.63, 3.8) is 0 Å². The van der Waals surface area contributed by atoms with E-state index in [1.165, 1.54) is 0 Å². The molecule has 0 amide bonds. The predicted octanol–water partition coefficient (Wildman–Crippen LogP) is 1.72. The summed E-state index contributed by atoms with van der Waals surface area (Å²) in [6, 6.07) is 7.36. The highest BCUT2D eigenvalue weighted by Gasteiger charge is 2.24. The van der Waals surface area contributed by atoms with E-state index in [9.17, 15) is 4.79 Å². The predicted molar refractivity (Wildman–Crippen MR) is 76.9 cm³/mol. The Morgan fingerprint density at radius 2 is 1.42 bits per heavy atom. The van der Waals surface area contributed by atoms with Gasteiger partial charge in [0.1, 0.15) is 32.5 Å². The van der Waals surface area contributed by atoms with Crippen molar-refractivity contribution in [1.82, 2.24) is 0 Å². The Bertz CT molecular complexity index is 508. The molecule has 0 heterocycles. The molecular formula is C17H16NO+. The van der Waals surface area contributed by atoms with Gasteiger partial charge in [0.25, 0.3) is 0 Å². The molecule has 0 atom stereocenters. The van der Waals surface area contributed by atoms with E-state index in [4.69, 9.17) is 19.3 Å². The summed E-state index contributed by atoms with van der Waals surface area (Å²) in [5.74, 6) is 7.94. The van der Waals surface area contributed by atoms with Crippen molar-refractivity contribution in [2.24, 2.45) is 0 Å². The summed E-state index contributed by atoms with van der Waals surface area (Å²) < 4.78 is 0.476. The van der Waals surface area contributed by atoms with Crippen LogP contribution in [0.4, 0.5) is 0 Å². The second-order valence-corrected chi connectivity index (χ2v) is 4.45. The van der Waals surface area contributed by atoms with E-state index in [2.05, 4.69) is 17.8 Å². The van der Waals surface area contributed by atoms with Crippen LogP contribution in [0.3, 0.4) is 0 Å². The number of rotatable bonds is 6. The number of nitrogens with zero attached hydrogens (tertiary/aromatic N) is 1. The van der Waals surface area contributed by atoms with E-state index in [1.807, 2.05) is 12.1 Å². The summed E-state index contributed by atoms with van der Waals surface area (Å²) in [5, 5.41) is 0. The summed E-state index contributed by atoms with van der Waals surface area (Å²) >= 11 is 0. The van der Waals surface area contributed by atoms with Crippen LogP contribution in [0.15, 0.2) is 24.3 Å². The fourth-order valence-electron chi connectivity index (χ4n) is 2.01. The van der Waals surface area contributed by atoms with E-state index in [0.29, 0.717) is 36.2 Å². The fourth-order valence-corrected chi connectivity index (χ4v) is 2.01. The van der Waals surface area contributed by atoms with E-state index >= 15 is 0 Å². The van der Waals surface area contributed by atoms with Crippen molar-refractivity contribution in [2.45, 2.75) is 6.54 Å². The molecule has 0 saturated heterocycles. The van der Waals surface area contributed by atoms with Gasteiger partial charge in [0.05, 0.1) is 0 Å². The Hall–Kier alpha value is -2.47. The molecule has 0 unspecified atom stereocenters. The first-order valence-electron chi connectivity index (χ1n) is 5.89.